The largest absolute Gasteiger partial charge is 0.369 e. The number of allylic oxidation sites excluding steroid dienone is 2. The average Bonchev–Trinajstić information content (AvgIpc) is 2.40. The summed E-state index contributed by atoms with van der Waals surface area (Å²) in [5.41, 5.74) is 12.3. The van der Waals surface area contributed by atoms with E-state index in [0.717, 1.165) is 18.4 Å². The molecule has 2 atom stereocenters. The highest BCUT2D eigenvalue weighted by atomic mass is 16.2. The van der Waals surface area contributed by atoms with Crippen LogP contribution in [-0.4, -0.2) is 35.8 Å². The molecule has 19 heavy (non-hydrogen) atoms. The Labute approximate surface area is 111 Å². The third-order valence-corrected chi connectivity index (χ3v) is 3.58. The maximum atomic E-state index is 12.1. The van der Waals surface area contributed by atoms with Crippen LogP contribution < -0.4 is 11.5 Å². The average molecular weight is 262 g/mol. The van der Waals surface area contributed by atoms with Crippen LogP contribution in [0, 0.1) is 5.92 Å². The highest BCUT2D eigenvalue weighted by Crippen LogP contribution is 2.30. The second-order valence-electron chi connectivity index (χ2n) is 4.84. The quantitative estimate of drug-likeness (QED) is 0.727. The molecule has 4 N–H and O–H groups in total. The Balaban J connectivity index is 2.41. The number of rotatable bonds is 2. The lowest BCUT2D eigenvalue weighted by atomic mass is 9.84. The summed E-state index contributed by atoms with van der Waals surface area (Å²) in [6.07, 6.45) is 5.32. The van der Waals surface area contributed by atoms with Crippen molar-refractivity contribution in [2.24, 2.45) is 22.4 Å². The fourth-order valence-electron chi connectivity index (χ4n) is 2.45. The van der Waals surface area contributed by atoms with Gasteiger partial charge in [0.15, 0.2) is 5.96 Å². The number of carbonyl (C=O) groups is 2. The number of nitrogens with zero attached hydrogens (tertiary/aromatic N) is 2. The van der Waals surface area contributed by atoms with Gasteiger partial charge in [0.2, 0.25) is 11.8 Å². The molecule has 102 valence electrons. The number of guanidine groups is 1. The Morgan fingerprint density at radius 2 is 2.05 bits per heavy atom. The van der Waals surface area contributed by atoms with Gasteiger partial charge in [-0.3, -0.25) is 14.5 Å². The van der Waals surface area contributed by atoms with Crippen molar-refractivity contribution in [3.05, 3.63) is 23.3 Å². The van der Waals surface area contributed by atoms with Crippen molar-refractivity contribution in [1.82, 2.24) is 4.90 Å². The van der Waals surface area contributed by atoms with E-state index in [2.05, 4.69) is 4.99 Å². The van der Waals surface area contributed by atoms with Gasteiger partial charge >= 0.3 is 0 Å². The number of aliphatic imine (C=N–C) groups is 1. The highest BCUT2D eigenvalue weighted by Gasteiger charge is 2.36. The van der Waals surface area contributed by atoms with Crippen molar-refractivity contribution in [3.63, 3.8) is 0 Å². The zero-order chi connectivity index (χ0) is 14.2. The first kappa shape index (κ1) is 13.3. The van der Waals surface area contributed by atoms with Gasteiger partial charge in [0.05, 0.1) is 12.0 Å². The van der Waals surface area contributed by atoms with Gasteiger partial charge in [-0.15, -0.1) is 0 Å². The Hall–Kier alpha value is -2.11. The van der Waals surface area contributed by atoms with Gasteiger partial charge in [-0.25, -0.2) is 4.99 Å². The topological polar surface area (TPSA) is 102 Å². The standard InChI is InChI=1S/C13H18N4O2/c1-7-10(16-13(15)17(2)12(7)19)8-5-3-4-6-9(8)11(14)18/h5-7,10H,3-4H2,1-2H3,(H2,14,18)(H2,15,16)/t7-,10?/m0/s1. The van der Waals surface area contributed by atoms with Crippen molar-refractivity contribution in [1.29, 1.82) is 0 Å². The van der Waals surface area contributed by atoms with Crippen LogP contribution in [0.5, 0.6) is 0 Å². The monoisotopic (exact) mass is 262 g/mol. The smallest absolute Gasteiger partial charge is 0.248 e. The third-order valence-electron chi connectivity index (χ3n) is 3.58. The molecule has 6 nitrogen and oxygen atoms in total. The van der Waals surface area contributed by atoms with Gasteiger partial charge in [-0.2, -0.15) is 0 Å². The van der Waals surface area contributed by atoms with E-state index < -0.39 is 11.9 Å². The molecule has 1 heterocycles. The van der Waals surface area contributed by atoms with E-state index in [1.54, 1.807) is 20.0 Å². The number of carbonyl (C=O) groups excluding carboxylic acids is 2. The third kappa shape index (κ3) is 2.25. The summed E-state index contributed by atoms with van der Waals surface area (Å²) < 4.78 is 0. The molecule has 2 amide bonds. The van der Waals surface area contributed by atoms with E-state index in [9.17, 15) is 9.59 Å². The van der Waals surface area contributed by atoms with Crippen LogP contribution >= 0.6 is 0 Å². The first-order valence-electron chi connectivity index (χ1n) is 6.24. The summed E-state index contributed by atoms with van der Waals surface area (Å²) in [6.45, 7) is 1.79. The lowest BCUT2D eigenvalue weighted by molar-refractivity contribution is -0.131. The SMILES string of the molecule is C[C@@H]1C(=O)N(C)C(N)=NC1C1=CCCC=C1C(N)=O. The molecule has 0 aromatic carbocycles. The van der Waals surface area contributed by atoms with Crippen molar-refractivity contribution in [2.75, 3.05) is 7.05 Å². The molecule has 1 aliphatic carbocycles. The Morgan fingerprint density at radius 1 is 1.42 bits per heavy atom. The maximum Gasteiger partial charge on any atom is 0.248 e. The molecular formula is C13H18N4O2. The van der Waals surface area contributed by atoms with E-state index in [-0.39, 0.29) is 17.8 Å². The number of hydrogen-bond acceptors (Lipinski definition) is 4. The maximum absolute atomic E-state index is 12.1. The number of hydrogen-bond donors (Lipinski definition) is 2. The van der Waals surface area contributed by atoms with Crippen LogP contribution in [0.2, 0.25) is 0 Å². The Morgan fingerprint density at radius 3 is 2.68 bits per heavy atom. The van der Waals surface area contributed by atoms with Crippen molar-refractivity contribution >= 4 is 17.8 Å². The number of nitrogens with two attached hydrogens (primary N) is 2. The first-order chi connectivity index (χ1) is 8.93. The fraction of sp³-hybridized carbons (Fsp3) is 0.462. The van der Waals surface area contributed by atoms with E-state index in [4.69, 9.17) is 11.5 Å². The molecule has 6 heteroatoms. The summed E-state index contributed by atoms with van der Waals surface area (Å²) >= 11 is 0. The molecular weight excluding hydrogens is 244 g/mol. The molecule has 0 spiro atoms. The van der Waals surface area contributed by atoms with E-state index >= 15 is 0 Å². The molecule has 0 radical (unpaired) electrons. The minimum absolute atomic E-state index is 0.104. The molecule has 0 fully saturated rings. The van der Waals surface area contributed by atoms with Gasteiger partial charge in [0, 0.05) is 12.6 Å². The first-order valence-corrected chi connectivity index (χ1v) is 6.24. The Kier molecular flexibility index (Phi) is 3.42. The number of primary amides is 1. The minimum atomic E-state index is -0.488. The molecule has 0 aromatic rings. The van der Waals surface area contributed by atoms with Gasteiger partial charge in [-0.1, -0.05) is 19.1 Å². The zero-order valence-corrected chi connectivity index (χ0v) is 11.1. The van der Waals surface area contributed by atoms with Gasteiger partial charge in [-0.05, 0) is 18.4 Å². The van der Waals surface area contributed by atoms with Gasteiger partial charge < -0.3 is 11.5 Å². The molecule has 2 rings (SSSR count). The summed E-state index contributed by atoms with van der Waals surface area (Å²) in [7, 11) is 1.59. The van der Waals surface area contributed by atoms with Crippen LogP contribution in [0.3, 0.4) is 0 Å². The van der Waals surface area contributed by atoms with Gasteiger partial charge in [0.1, 0.15) is 0 Å². The molecule has 0 aromatic heterocycles. The normalized spacial score (nSPS) is 27.6. The van der Waals surface area contributed by atoms with Crippen LogP contribution in [0.1, 0.15) is 19.8 Å². The van der Waals surface area contributed by atoms with Crippen LogP contribution in [0.25, 0.3) is 0 Å². The molecule has 1 unspecified atom stereocenters. The summed E-state index contributed by atoms with van der Waals surface area (Å²) in [5, 5.41) is 0. The molecule has 1 aliphatic heterocycles. The zero-order valence-electron chi connectivity index (χ0n) is 11.1. The summed E-state index contributed by atoms with van der Waals surface area (Å²) in [5.74, 6) is -0.779. The van der Waals surface area contributed by atoms with E-state index in [1.165, 1.54) is 4.90 Å². The lowest BCUT2D eigenvalue weighted by Crippen LogP contribution is -2.50. The van der Waals surface area contributed by atoms with Crippen LogP contribution in [0.15, 0.2) is 28.3 Å². The van der Waals surface area contributed by atoms with Crippen molar-refractivity contribution in [3.8, 4) is 0 Å². The fourth-order valence-corrected chi connectivity index (χ4v) is 2.45. The predicted octanol–water partition coefficient (Wildman–Crippen LogP) is -0.0903. The second-order valence-corrected chi connectivity index (χ2v) is 4.84. The molecule has 2 aliphatic rings. The van der Waals surface area contributed by atoms with Crippen LogP contribution in [-0.2, 0) is 9.59 Å². The Bertz CT molecular complexity index is 519. The van der Waals surface area contributed by atoms with Crippen molar-refractivity contribution < 1.29 is 9.59 Å². The predicted molar refractivity (Wildman–Crippen MR) is 71.9 cm³/mol. The molecule has 0 bridgehead atoms. The van der Waals surface area contributed by atoms with Crippen molar-refractivity contribution in [2.45, 2.75) is 25.8 Å². The molecule has 0 saturated carbocycles. The second kappa shape index (κ2) is 4.87. The lowest BCUT2D eigenvalue weighted by Gasteiger charge is -2.33. The summed E-state index contributed by atoms with van der Waals surface area (Å²) in [6, 6.07) is -0.428. The van der Waals surface area contributed by atoms with Gasteiger partial charge in [0.25, 0.3) is 0 Å². The highest BCUT2D eigenvalue weighted by molar-refractivity contribution is 6.01. The van der Waals surface area contributed by atoms with Crippen LogP contribution in [0.4, 0.5) is 0 Å². The van der Waals surface area contributed by atoms with E-state index in [1.807, 2.05) is 6.08 Å². The minimum Gasteiger partial charge on any atom is -0.369 e. The number of amides is 2. The summed E-state index contributed by atoms with van der Waals surface area (Å²) in [4.78, 5) is 29.2. The van der Waals surface area contributed by atoms with E-state index in [0.29, 0.717) is 5.57 Å². The molecule has 0 saturated heterocycles.